The number of thiocarbonyl (C=S) groups is 1. The molecule has 0 saturated heterocycles. The molecule has 0 atom stereocenters. The molecule has 0 aliphatic rings. The number of nitro groups is 1. The molecule has 9 nitrogen and oxygen atoms in total. The maximum absolute atomic E-state index is 11.8. The zero-order chi connectivity index (χ0) is 20.0. The van der Waals surface area contributed by atoms with Crippen molar-refractivity contribution < 1.29 is 24.4 Å². The molecule has 11 heteroatoms. The summed E-state index contributed by atoms with van der Waals surface area (Å²) in [6.45, 7) is -0.374. The molecule has 0 fully saturated rings. The molecule has 1 amide bonds. The van der Waals surface area contributed by atoms with Gasteiger partial charge in [0.2, 0.25) is 0 Å². The van der Waals surface area contributed by atoms with E-state index in [2.05, 4.69) is 10.6 Å². The first-order chi connectivity index (χ1) is 12.8. The van der Waals surface area contributed by atoms with E-state index in [9.17, 15) is 19.7 Å². The van der Waals surface area contributed by atoms with E-state index in [1.807, 2.05) is 0 Å². The predicted octanol–water partition coefficient (Wildman–Crippen LogP) is 2.84. The molecular formula is C16H12ClN3O6S. The van der Waals surface area contributed by atoms with E-state index in [0.29, 0.717) is 5.69 Å². The van der Waals surface area contributed by atoms with Crippen molar-refractivity contribution in [3.63, 3.8) is 0 Å². The highest BCUT2D eigenvalue weighted by Crippen LogP contribution is 2.20. The van der Waals surface area contributed by atoms with Crippen LogP contribution >= 0.6 is 23.8 Å². The van der Waals surface area contributed by atoms with Crippen molar-refractivity contribution in [2.24, 2.45) is 0 Å². The number of aromatic carboxylic acids is 1. The maximum atomic E-state index is 11.8. The van der Waals surface area contributed by atoms with Gasteiger partial charge in [0.15, 0.2) is 11.7 Å². The fraction of sp³-hybridized carbons (Fsp3) is 0.0625. The van der Waals surface area contributed by atoms with Crippen LogP contribution in [0.2, 0.25) is 5.02 Å². The van der Waals surface area contributed by atoms with Crippen LogP contribution in [0.15, 0.2) is 42.5 Å². The number of rotatable bonds is 6. The summed E-state index contributed by atoms with van der Waals surface area (Å²) in [6, 6.07) is 9.39. The Morgan fingerprint density at radius 2 is 1.89 bits per heavy atom. The van der Waals surface area contributed by atoms with E-state index < -0.39 is 16.8 Å². The normalized spacial score (nSPS) is 9.96. The van der Waals surface area contributed by atoms with Crippen molar-refractivity contribution in [3.8, 4) is 5.75 Å². The Bertz CT molecular complexity index is 904. The van der Waals surface area contributed by atoms with E-state index in [1.165, 1.54) is 42.5 Å². The van der Waals surface area contributed by atoms with Gasteiger partial charge in [-0.15, -0.1) is 0 Å². The number of anilines is 1. The monoisotopic (exact) mass is 409 g/mol. The third-order valence-corrected chi connectivity index (χ3v) is 3.66. The van der Waals surface area contributed by atoms with Gasteiger partial charge in [-0.2, -0.15) is 0 Å². The van der Waals surface area contributed by atoms with Crippen molar-refractivity contribution in [3.05, 3.63) is 63.2 Å². The number of nitrogens with zero attached hydrogens (tertiary/aromatic N) is 1. The molecule has 2 aromatic rings. The van der Waals surface area contributed by atoms with E-state index in [-0.39, 0.29) is 33.7 Å². The van der Waals surface area contributed by atoms with Gasteiger partial charge in [0.25, 0.3) is 11.6 Å². The van der Waals surface area contributed by atoms with Gasteiger partial charge in [0, 0.05) is 17.8 Å². The maximum Gasteiger partial charge on any atom is 0.337 e. The van der Waals surface area contributed by atoms with Crippen molar-refractivity contribution in [2.75, 3.05) is 11.9 Å². The number of non-ortho nitro benzene ring substituents is 1. The van der Waals surface area contributed by atoms with Gasteiger partial charge in [-0.3, -0.25) is 20.2 Å². The third kappa shape index (κ3) is 5.90. The van der Waals surface area contributed by atoms with E-state index in [4.69, 9.17) is 33.7 Å². The highest BCUT2D eigenvalue weighted by Gasteiger charge is 2.11. The Morgan fingerprint density at radius 3 is 2.48 bits per heavy atom. The second kappa shape index (κ2) is 8.92. The van der Waals surface area contributed by atoms with E-state index in [0.717, 1.165) is 0 Å². The van der Waals surface area contributed by atoms with Crippen LogP contribution in [-0.4, -0.2) is 33.6 Å². The fourth-order valence-electron chi connectivity index (χ4n) is 1.90. The average Bonchev–Trinajstić information content (AvgIpc) is 2.61. The summed E-state index contributed by atoms with van der Waals surface area (Å²) in [5, 5.41) is 24.6. The summed E-state index contributed by atoms with van der Waals surface area (Å²) in [5.74, 6) is -1.49. The van der Waals surface area contributed by atoms with Crippen molar-refractivity contribution in [1.82, 2.24) is 5.32 Å². The van der Waals surface area contributed by atoms with Gasteiger partial charge in [-0.25, -0.2) is 4.79 Å². The highest BCUT2D eigenvalue weighted by atomic mass is 35.5. The Balaban J connectivity index is 1.86. The first-order valence-electron chi connectivity index (χ1n) is 7.27. The lowest BCUT2D eigenvalue weighted by atomic mass is 10.2. The minimum atomic E-state index is -1.20. The molecule has 0 saturated carbocycles. The number of carboxylic acid groups (broad SMARTS) is 1. The second-order valence-corrected chi connectivity index (χ2v) is 5.86. The smallest absolute Gasteiger partial charge is 0.337 e. The molecular weight excluding hydrogens is 398 g/mol. The van der Waals surface area contributed by atoms with Crippen molar-refractivity contribution in [2.45, 2.75) is 0 Å². The first-order valence-corrected chi connectivity index (χ1v) is 8.06. The zero-order valence-electron chi connectivity index (χ0n) is 13.5. The summed E-state index contributed by atoms with van der Waals surface area (Å²) in [6.07, 6.45) is 0. The first kappa shape index (κ1) is 20.1. The molecule has 0 unspecified atom stereocenters. The number of amides is 1. The molecule has 0 aliphatic carbocycles. The van der Waals surface area contributed by atoms with Crippen LogP contribution < -0.4 is 15.4 Å². The quantitative estimate of drug-likeness (QED) is 0.377. The van der Waals surface area contributed by atoms with Crippen LogP contribution in [0.5, 0.6) is 5.75 Å². The summed E-state index contributed by atoms with van der Waals surface area (Å²) in [7, 11) is 0. The number of halogens is 1. The lowest BCUT2D eigenvalue weighted by molar-refractivity contribution is -0.384. The average molecular weight is 410 g/mol. The summed E-state index contributed by atoms with van der Waals surface area (Å²) >= 11 is 10.8. The van der Waals surface area contributed by atoms with Gasteiger partial charge >= 0.3 is 5.97 Å². The Kier molecular flexibility index (Phi) is 6.63. The molecule has 0 spiro atoms. The fourth-order valence-corrected chi connectivity index (χ4v) is 2.34. The number of carbonyl (C=O) groups is 2. The number of carboxylic acids is 1. The van der Waals surface area contributed by atoms with Crippen LogP contribution in [-0.2, 0) is 4.79 Å². The summed E-state index contributed by atoms with van der Waals surface area (Å²) in [4.78, 5) is 32.9. The molecule has 0 bridgehead atoms. The van der Waals surface area contributed by atoms with E-state index >= 15 is 0 Å². The topological polar surface area (TPSA) is 131 Å². The molecule has 0 aromatic heterocycles. The SMILES string of the molecule is O=C(COc1ccc([N+](=O)[O-])cc1)NC(=S)Nc1ccc(Cl)c(C(=O)O)c1. The number of ether oxygens (including phenoxy) is 1. The van der Waals surface area contributed by atoms with Crippen LogP contribution in [0.1, 0.15) is 10.4 Å². The Morgan fingerprint density at radius 1 is 1.22 bits per heavy atom. The van der Waals surface area contributed by atoms with Crippen LogP contribution in [0.3, 0.4) is 0 Å². The standard InChI is InChI=1S/C16H12ClN3O6S/c17-13-6-1-9(7-12(13)15(22)23)18-16(27)19-14(21)8-26-11-4-2-10(3-5-11)20(24)25/h1-7H,8H2,(H,22,23)(H2,18,19,21,27). The Hall–Kier alpha value is -3.24. The van der Waals surface area contributed by atoms with Crippen molar-refractivity contribution >= 4 is 52.2 Å². The minimum absolute atomic E-state index is 0.0639. The molecule has 3 N–H and O–H groups in total. The highest BCUT2D eigenvalue weighted by molar-refractivity contribution is 7.80. The number of carbonyl (C=O) groups excluding carboxylic acids is 1. The molecule has 0 aliphatic heterocycles. The molecule has 2 rings (SSSR count). The summed E-state index contributed by atoms with van der Waals surface area (Å²) in [5.41, 5.74) is 0.122. The number of hydrogen-bond acceptors (Lipinski definition) is 6. The van der Waals surface area contributed by atoms with Gasteiger partial charge < -0.3 is 15.2 Å². The zero-order valence-corrected chi connectivity index (χ0v) is 15.0. The van der Waals surface area contributed by atoms with Gasteiger partial charge in [0.1, 0.15) is 5.75 Å². The molecule has 27 heavy (non-hydrogen) atoms. The Labute approximate surface area is 163 Å². The van der Waals surface area contributed by atoms with Crippen molar-refractivity contribution in [1.29, 1.82) is 0 Å². The number of benzene rings is 2. The molecule has 0 radical (unpaired) electrons. The van der Waals surface area contributed by atoms with Gasteiger partial charge in [-0.05, 0) is 42.5 Å². The predicted molar refractivity (Wildman–Crippen MR) is 101 cm³/mol. The van der Waals surface area contributed by atoms with Crippen LogP contribution in [0.4, 0.5) is 11.4 Å². The third-order valence-electron chi connectivity index (χ3n) is 3.13. The second-order valence-electron chi connectivity index (χ2n) is 5.04. The van der Waals surface area contributed by atoms with Gasteiger partial charge in [-0.1, -0.05) is 11.6 Å². The van der Waals surface area contributed by atoms with E-state index in [1.54, 1.807) is 0 Å². The number of hydrogen-bond donors (Lipinski definition) is 3. The molecule has 0 heterocycles. The van der Waals surface area contributed by atoms with Crippen LogP contribution in [0, 0.1) is 10.1 Å². The van der Waals surface area contributed by atoms with Gasteiger partial charge in [0.05, 0.1) is 15.5 Å². The largest absolute Gasteiger partial charge is 0.484 e. The lowest BCUT2D eigenvalue weighted by Gasteiger charge is -2.11. The number of nitrogens with one attached hydrogen (secondary N) is 2. The molecule has 140 valence electrons. The summed E-state index contributed by atoms with van der Waals surface area (Å²) < 4.78 is 5.20. The lowest BCUT2D eigenvalue weighted by Crippen LogP contribution is -2.37. The number of nitro benzene ring substituents is 1. The van der Waals surface area contributed by atoms with Crippen LogP contribution in [0.25, 0.3) is 0 Å². The molecule has 2 aromatic carbocycles. The minimum Gasteiger partial charge on any atom is -0.484 e.